The number of amides is 2. The molecule has 2 bridgehead atoms. The molecule has 6 nitrogen and oxygen atoms in total. The molecule has 0 unspecified atom stereocenters. The van der Waals surface area contributed by atoms with E-state index in [-0.39, 0.29) is 46.8 Å². The lowest BCUT2D eigenvalue weighted by molar-refractivity contribution is -0.124. The number of ketones is 1. The van der Waals surface area contributed by atoms with Gasteiger partial charge >= 0.3 is 5.97 Å². The number of halogens is 1. The highest BCUT2D eigenvalue weighted by atomic mass is 35.5. The molecule has 0 spiro atoms. The SMILES string of the molecule is O=C(COC(=O)c1cccc(N2C(=O)[C@@H]3[C@H]4C=C[C@@H]([C@@H]5C[C@@H]45)[C@H]3C2=O)c1)c1ccc(Cl)cc1. The lowest BCUT2D eigenvalue weighted by Crippen LogP contribution is -2.40. The molecule has 2 amide bonds. The van der Waals surface area contributed by atoms with Crippen molar-refractivity contribution in [2.75, 3.05) is 11.5 Å². The van der Waals surface area contributed by atoms with Crippen LogP contribution in [0.5, 0.6) is 0 Å². The number of ether oxygens (including phenoxy) is 1. The van der Waals surface area contributed by atoms with Gasteiger partial charge in [0.1, 0.15) is 0 Å². The van der Waals surface area contributed by atoms with Crippen LogP contribution in [0.1, 0.15) is 27.1 Å². The monoisotopic (exact) mass is 461 g/mol. The lowest BCUT2D eigenvalue weighted by Gasteiger charge is -2.37. The number of anilines is 1. The lowest BCUT2D eigenvalue weighted by atomic mass is 9.63. The van der Waals surface area contributed by atoms with Crippen molar-refractivity contribution in [1.82, 2.24) is 0 Å². The minimum atomic E-state index is -0.696. The van der Waals surface area contributed by atoms with Gasteiger partial charge in [-0.3, -0.25) is 14.4 Å². The Bertz CT molecular complexity index is 1200. The summed E-state index contributed by atoms with van der Waals surface area (Å²) in [5.41, 5.74) is 0.930. The van der Waals surface area contributed by atoms with E-state index in [0.717, 1.165) is 6.42 Å². The van der Waals surface area contributed by atoms with Crippen molar-refractivity contribution in [2.45, 2.75) is 6.42 Å². The van der Waals surface area contributed by atoms with E-state index >= 15 is 0 Å². The number of Topliss-reactive ketones (excluding diaryl/α,β-unsaturated/α-hetero) is 1. The standard InChI is InChI=1S/C26H20ClNO5/c27-15-6-4-13(5-7-15)21(29)12-33-26(32)14-2-1-3-16(10-14)28-24(30)22-17-8-9-18(20-11-19(17)20)23(22)25(28)31/h1-10,17-20,22-23H,11-12H2/t17-,18-,19-,20-,22+,23+/m0/s1. The molecule has 0 N–H and O–H groups in total. The summed E-state index contributed by atoms with van der Waals surface area (Å²) in [5.74, 6) is -0.693. The molecule has 2 aromatic carbocycles. The molecule has 1 heterocycles. The fourth-order valence-electron chi connectivity index (χ4n) is 5.92. The molecule has 166 valence electrons. The molecule has 0 aromatic heterocycles. The van der Waals surface area contributed by atoms with Gasteiger partial charge in [0.15, 0.2) is 12.4 Å². The van der Waals surface area contributed by atoms with Crippen LogP contribution in [0.2, 0.25) is 5.02 Å². The first-order valence-corrected chi connectivity index (χ1v) is 11.4. The molecule has 2 saturated carbocycles. The molecule has 1 saturated heterocycles. The molecular formula is C26H20ClNO5. The van der Waals surface area contributed by atoms with E-state index in [2.05, 4.69) is 12.2 Å². The van der Waals surface area contributed by atoms with E-state index in [1.54, 1.807) is 36.4 Å². The van der Waals surface area contributed by atoms with Gasteiger partial charge in [0.05, 0.1) is 23.1 Å². The quantitative estimate of drug-likeness (QED) is 0.291. The zero-order chi connectivity index (χ0) is 22.9. The van der Waals surface area contributed by atoms with Crippen LogP contribution in [0.4, 0.5) is 5.69 Å². The molecule has 4 aliphatic carbocycles. The summed E-state index contributed by atoms with van der Waals surface area (Å²) in [6, 6.07) is 12.6. The Kier molecular flexibility index (Phi) is 4.56. The summed E-state index contributed by atoms with van der Waals surface area (Å²) in [7, 11) is 0. The first-order chi connectivity index (χ1) is 15.9. The number of hydrogen-bond donors (Lipinski definition) is 0. The molecule has 2 aromatic rings. The van der Waals surface area contributed by atoms with Gasteiger partial charge in [-0.05, 0) is 72.6 Å². The zero-order valence-corrected chi connectivity index (χ0v) is 18.3. The highest BCUT2D eigenvalue weighted by molar-refractivity contribution is 6.30. The van der Waals surface area contributed by atoms with Gasteiger partial charge in [-0.25, -0.2) is 9.69 Å². The number of nitrogens with zero attached hydrogens (tertiary/aromatic N) is 1. The number of allylic oxidation sites excluding steroid dienone is 2. The average Bonchev–Trinajstić information content (AvgIpc) is 3.61. The van der Waals surface area contributed by atoms with E-state index in [4.69, 9.17) is 16.3 Å². The Hall–Kier alpha value is -3.25. The smallest absolute Gasteiger partial charge is 0.338 e. The number of hydrogen-bond acceptors (Lipinski definition) is 5. The molecule has 5 aliphatic rings. The molecule has 0 radical (unpaired) electrons. The van der Waals surface area contributed by atoms with E-state index in [1.807, 2.05) is 0 Å². The molecule has 7 rings (SSSR count). The van der Waals surface area contributed by atoms with Crippen molar-refractivity contribution in [3.8, 4) is 0 Å². The Morgan fingerprint density at radius 3 is 2.18 bits per heavy atom. The van der Waals surface area contributed by atoms with Gasteiger partial charge < -0.3 is 4.74 Å². The van der Waals surface area contributed by atoms with Gasteiger partial charge in [0.25, 0.3) is 0 Å². The summed E-state index contributed by atoms with van der Waals surface area (Å²) in [6.45, 7) is -0.422. The summed E-state index contributed by atoms with van der Waals surface area (Å²) in [5, 5.41) is 0.507. The van der Waals surface area contributed by atoms with Crippen molar-refractivity contribution < 1.29 is 23.9 Å². The van der Waals surface area contributed by atoms with Crippen LogP contribution < -0.4 is 4.90 Å². The van der Waals surface area contributed by atoms with Gasteiger partial charge in [0.2, 0.25) is 11.8 Å². The molecule has 33 heavy (non-hydrogen) atoms. The summed E-state index contributed by atoms with van der Waals surface area (Å²) in [4.78, 5) is 52.7. The Balaban J connectivity index is 1.18. The number of benzene rings is 2. The van der Waals surface area contributed by atoms with Crippen LogP contribution in [0.25, 0.3) is 0 Å². The molecule has 6 atom stereocenters. The van der Waals surface area contributed by atoms with E-state index in [1.165, 1.54) is 17.0 Å². The number of imide groups is 1. The number of carbonyl (C=O) groups is 4. The van der Waals surface area contributed by atoms with Crippen LogP contribution >= 0.6 is 11.6 Å². The Labute approximate surface area is 195 Å². The first-order valence-electron chi connectivity index (χ1n) is 11.1. The van der Waals surface area contributed by atoms with Gasteiger partial charge in [-0.15, -0.1) is 0 Å². The predicted octanol–water partition coefficient (Wildman–Crippen LogP) is 3.94. The van der Waals surface area contributed by atoms with Crippen molar-refractivity contribution in [3.05, 3.63) is 76.8 Å². The minimum absolute atomic E-state index is 0.137. The summed E-state index contributed by atoms with van der Waals surface area (Å²) < 4.78 is 5.18. The Morgan fingerprint density at radius 1 is 0.909 bits per heavy atom. The fourth-order valence-corrected chi connectivity index (χ4v) is 6.04. The van der Waals surface area contributed by atoms with Crippen molar-refractivity contribution in [2.24, 2.45) is 35.5 Å². The minimum Gasteiger partial charge on any atom is -0.454 e. The third kappa shape index (κ3) is 3.16. The Morgan fingerprint density at radius 2 is 1.55 bits per heavy atom. The topological polar surface area (TPSA) is 80.8 Å². The first kappa shape index (κ1) is 20.4. The maximum atomic E-state index is 13.3. The molecular weight excluding hydrogens is 442 g/mol. The van der Waals surface area contributed by atoms with Crippen molar-refractivity contribution >= 4 is 40.9 Å². The predicted molar refractivity (Wildman–Crippen MR) is 120 cm³/mol. The second-order valence-electron chi connectivity index (χ2n) is 9.22. The van der Waals surface area contributed by atoms with E-state index < -0.39 is 12.6 Å². The summed E-state index contributed by atoms with van der Waals surface area (Å²) >= 11 is 5.83. The van der Waals surface area contributed by atoms with Crippen LogP contribution in [0.3, 0.4) is 0 Å². The average molecular weight is 462 g/mol. The van der Waals surface area contributed by atoms with Gasteiger partial charge in [-0.1, -0.05) is 29.8 Å². The molecule has 7 heteroatoms. The highest BCUT2D eigenvalue weighted by Crippen LogP contribution is 2.65. The van der Waals surface area contributed by atoms with Crippen LogP contribution in [0, 0.1) is 35.5 Å². The normalized spacial score (nSPS) is 30.8. The summed E-state index contributed by atoms with van der Waals surface area (Å²) in [6.07, 6.45) is 5.35. The van der Waals surface area contributed by atoms with Gasteiger partial charge in [-0.2, -0.15) is 0 Å². The largest absolute Gasteiger partial charge is 0.454 e. The third-order valence-electron chi connectivity index (χ3n) is 7.50. The molecule has 1 aliphatic heterocycles. The maximum Gasteiger partial charge on any atom is 0.338 e. The van der Waals surface area contributed by atoms with Crippen molar-refractivity contribution in [1.29, 1.82) is 0 Å². The van der Waals surface area contributed by atoms with Crippen LogP contribution in [-0.4, -0.2) is 30.2 Å². The van der Waals surface area contributed by atoms with Crippen LogP contribution in [-0.2, 0) is 14.3 Å². The maximum absolute atomic E-state index is 13.3. The molecule has 3 fully saturated rings. The highest BCUT2D eigenvalue weighted by Gasteiger charge is 2.67. The second-order valence-corrected chi connectivity index (χ2v) is 9.66. The van der Waals surface area contributed by atoms with Crippen molar-refractivity contribution in [3.63, 3.8) is 0 Å². The second kappa shape index (κ2) is 7.39. The zero-order valence-electron chi connectivity index (χ0n) is 17.5. The van der Waals surface area contributed by atoms with Crippen LogP contribution in [0.15, 0.2) is 60.7 Å². The number of rotatable bonds is 5. The van der Waals surface area contributed by atoms with E-state index in [0.29, 0.717) is 28.1 Å². The van der Waals surface area contributed by atoms with Gasteiger partial charge in [0, 0.05) is 10.6 Å². The van der Waals surface area contributed by atoms with E-state index in [9.17, 15) is 19.2 Å². The third-order valence-corrected chi connectivity index (χ3v) is 7.76. The number of carbonyl (C=O) groups excluding carboxylic acids is 4. The fraction of sp³-hybridized carbons (Fsp3) is 0.308. The number of esters is 1.